The molecule has 0 unspecified atom stereocenters. The van der Waals surface area contributed by atoms with Gasteiger partial charge in [0, 0.05) is 17.8 Å². The molecule has 0 amide bonds. The van der Waals surface area contributed by atoms with Crippen molar-refractivity contribution in [1.82, 2.24) is 4.98 Å². The predicted octanol–water partition coefficient (Wildman–Crippen LogP) is 0.382. The zero-order chi connectivity index (χ0) is 8.43. The van der Waals surface area contributed by atoms with Gasteiger partial charge in [-0.2, -0.15) is 0 Å². The Morgan fingerprint density at radius 1 is 1.55 bits per heavy atom. The van der Waals surface area contributed by atoms with Crippen molar-refractivity contribution in [3.63, 3.8) is 0 Å². The van der Waals surface area contributed by atoms with E-state index in [9.17, 15) is 9.59 Å². The normalized spacial score (nSPS) is 9.55. The topological polar surface area (TPSA) is 70.2 Å². The van der Waals surface area contributed by atoms with Crippen LogP contribution in [0.2, 0.25) is 0 Å². The number of rotatable bonds is 1. The van der Waals surface area contributed by atoms with Gasteiger partial charge in [0.2, 0.25) is 0 Å². The lowest BCUT2D eigenvalue weighted by Gasteiger charge is -1.95. The highest BCUT2D eigenvalue weighted by atomic mass is 16.4. The number of aromatic carboxylic acids is 1. The third-order valence-electron chi connectivity index (χ3n) is 1.21. The Bertz CT molecular complexity index is 340. The molecule has 11 heavy (non-hydrogen) atoms. The zero-order valence-electron chi connectivity index (χ0n) is 5.92. The summed E-state index contributed by atoms with van der Waals surface area (Å²) >= 11 is 0. The first-order valence-corrected chi connectivity index (χ1v) is 3.04. The van der Waals surface area contributed by atoms with Gasteiger partial charge in [-0.25, -0.2) is 4.79 Å². The molecule has 0 saturated carbocycles. The molecular weight excluding hydrogens is 146 g/mol. The van der Waals surface area contributed by atoms with Gasteiger partial charge in [0.15, 0.2) is 5.43 Å². The number of carboxylic acid groups (broad SMARTS) is 1. The van der Waals surface area contributed by atoms with Crippen LogP contribution < -0.4 is 5.43 Å². The fraction of sp³-hybridized carbons (Fsp3) is 0.143. The molecule has 0 aromatic carbocycles. The molecule has 4 nitrogen and oxygen atoms in total. The van der Waals surface area contributed by atoms with Crippen LogP contribution in [0, 0.1) is 6.92 Å². The molecule has 0 aliphatic heterocycles. The summed E-state index contributed by atoms with van der Waals surface area (Å²) in [6.45, 7) is 1.63. The standard InChI is InChI=1S/C7H7NO3/c1-4-2-5(9)3-6(8-4)7(10)11/h2-3H,1H3,(H,8,9)(H,10,11). The van der Waals surface area contributed by atoms with Crippen LogP contribution in [0.25, 0.3) is 0 Å². The van der Waals surface area contributed by atoms with Crippen molar-refractivity contribution in [2.45, 2.75) is 6.92 Å². The van der Waals surface area contributed by atoms with E-state index in [1.165, 1.54) is 6.07 Å². The molecule has 1 aromatic heterocycles. The number of hydrogen-bond donors (Lipinski definition) is 2. The van der Waals surface area contributed by atoms with E-state index in [4.69, 9.17) is 5.11 Å². The second kappa shape index (κ2) is 2.57. The quantitative estimate of drug-likeness (QED) is 0.612. The smallest absolute Gasteiger partial charge is 0.352 e. The number of carboxylic acids is 1. The van der Waals surface area contributed by atoms with E-state index >= 15 is 0 Å². The SMILES string of the molecule is Cc1cc(=O)cc(C(=O)O)[nH]1. The minimum Gasteiger partial charge on any atom is -0.477 e. The first-order valence-electron chi connectivity index (χ1n) is 3.04. The number of nitrogens with one attached hydrogen (secondary N) is 1. The lowest BCUT2D eigenvalue weighted by molar-refractivity contribution is 0.0690. The van der Waals surface area contributed by atoms with Gasteiger partial charge in [0.25, 0.3) is 0 Å². The Labute approximate surface area is 62.5 Å². The van der Waals surface area contributed by atoms with E-state index < -0.39 is 5.97 Å². The van der Waals surface area contributed by atoms with E-state index in [1.54, 1.807) is 6.92 Å². The number of pyridine rings is 1. The summed E-state index contributed by atoms with van der Waals surface area (Å²) in [5.74, 6) is -1.12. The zero-order valence-corrected chi connectivity index (χ0v) is 5.92. The predicted molar refractivity (Wildman–Crippen MR) is 38.8 cm³/mol. The summed E-state index contributed by atoms with van der Waals surface area (Å²) in [5, 5.41) is 8.46. The molecule has 2 N–H and O–H groups in total. The summed E-state index contributed by atoms with van der Waals surface area (Å²) in [4.78, 5) is 23.6. The van der Waals surface area contributed by atoms with Crippen molar-refractivity contribution in [3.8, 4) is 0 Å². The van der Waals surface area contributed by atoms with Crippen molar-refractivity contribution in [2.75, 3.05) is 0 Å². The summed E-state index contributed by atoms with van der Waals surface area (Å²) in [5.41, 5.74) is 0.184. The number of H-pyrrole nitrogens is 1. The van der Waals surface area contributed by atoms with Crippen LogP contribution in [0.4, 0.5) is 0 Å². The van der Waals surface area contributed by atoms with Crippen molar-refractivity contribution in [1.29, 1.82) is 0 Å². The van der Waals surface area contributed by atoms with Gasteiger partial charge in [-0.05, 0) is 6.92 Å². The molecule has 0 fully saturated rings. The fourth-order valence-corrected chi connectivity index (χ4v) is 0.797. The number of hydrogen-bond acceptors (Lipinski definition) is 2. The highest BCUT2D eigenvalue weighted by Crippen LogP contribution is 1.92. The van der Waals surface area contributed by atoms with E-state index in [-0.39, 0.29) is 11.1 Å². The van der Waals surface area contributed by atoms with Crippen LogP contribution in [-0.2, 0) is 0 Å². The molecule has 0 aliphatic carbocycles. The monoisotopic (exact) mass is 153 g/mol. The molecule has 0 bridgehead atoms. The second-order valence-electron chi connectivity index (χ2n) is 2.22. The Morgan fingerprint density at radius 2 is 2.18 bits per heavy atom. The van der Waals surface area contributed by atoms with Gasteiger partial charge in [0.05, 0.1) is 0 Å². The molecule has 1 heterocycles. The van der Waals surface area contributed by atoms with Crippen LogP contribution >= 0.6 is 0 Å². The molecule has 1 rings (SSSR count). The number of aryl methyl sites for hydroxylation is 1. The lowest BCUT2D eigenvalue weighted by Crippen LogP contribution is -2.08. The maximum absolute atomic E-state index is 10.7. The molecule has 4 heteroatoms. The summed E-state index contributed by atoms with van der Waals surface area (Å²) in [7, 11) is 0. The highest BCUT2D eigenvalue weighted by molar-refractivity contribution is 5.85. The van der Waals surface area contributed by atoms with Crippen molar-refractivity contribution >= 4 is 5.97 Å². The van der Waals surface area contributed by atoms with E-state index in [2.05, 4.69) is 4.98 Å². The maximum Gasteiger partial charge on any atom is 0.352 e. The molecule has 0 radical (unpaired) electrons. The third-order valence-corrected chi connectivity index (χ3v) is 1.21. The van der Waals surface area contributed by atoms with Crippen molar-refractivity contribution < 1.29 is 9.90 Å². The second-order valence-corrected chi connectivity index (χ2v) is 2.22. The number of aromatic nitrogens is 1. The minimum absolute atomic E-state index is 0.0741. The fourth-order valence-electron chi connectivity index (χ4n) is 0.797. The third kappa shape index (κ3) is 1.67. The summed E-state index contributed by atoms with van der Waals surface area (Å²) < 4.78 is 0. The Kier molecular flexibility index (Phi) is 1.76. The summed E-state index contributed by atoms with van der Waals surface area (Å²) in [6.07, 6.45) is 0. The maximum atomic E-state index is 10.7. The minimum atomic E-state index is -1.12. The average molecular weight is 153 g/mol. The van der Waals surface area contributed by atoms with Gasteiger partial charge in [-0.3, -0.25) is 4.79 Å². The molecule has 0 aliphatic rings. The summed E-state index contributed by atoms with van der Waals surface area (Å²) in [6, 6.07) is 2.39. The molecule has 0 saturated heterocycles. The van der Waals surface area contributed by atoms with Crippen LogP contribution in [0.5, 0.6) is 0 Å². The van der Waals surface area contributed by atoms with Crippen molar-refractivity contribution in [2.24, 2.45) is 0 Å². The van der Waals surface area contributed by atoms with Crippen LogP contribution in [0.15, 0.2) is 16.9 Å². The van der Waals surface area contributed by atoms with Crippen LogP contribution in [-0.4, -0.2) is 16.1 Å². The Hall–Kier alpha value is -1.58. The van der Waals surface area contributed by atoms with Crippen molar-refractivity contribution in [3.05, 3.63) is 33.7 Å². The highest BCUT2D eigenvalue weighted by Gasteiger charge is 2.02. The Morgan fingerprint density at radius 3 is 2.64 bits per heavy atom. The molecule has 1 aromatic rings. The van der Waals surface area contributed by atoms with E-state index in [1.807, 2.05) is 0 Å². The van der Waals surface area contributed by atoms with Gasteiger partial charge in [-0.1, -0.05) is 0 Å². The van der Waals surface area contributed by atoms with Crippen LogP contribution in [0.3, 0.4) is 0 Å². The average Bonchev–Trinajstić information content (AvgIpc) is 1.85. The van der Waals surface area contributed by atoms with Gasteiger partial charge < -0.3 is 10.1 Å². The first kappa shape index (κ1) is 7.53. The molecule has 0 spiro atoms. The van der Waals surface area contributed by atoms with Gasteiger partial charge in [0.1, 0.15) is 5.69 Å². The molecule has 0 atom stereocenters. The van der Waals surface area contributed by atoms with Crippen LogP contribution in [0.1, 0.15) is 16.2 Å². The van der Waals surface area contributed by atoms with E-state index in [0.717, 1.165) is 6.07 Å². The number of aromatic amines is 1. The molecular formula is C7H7NO3. The first-order chi connectivity index (χ1) is 5.09. The van der Waals surface area contributed by atoms with Gasteiger partial charge >= 0.3 is 5.97 Å². The lowest BCUT2D eigenvalue weighted by atomic mass is 10.3. The Balaban J connectivity index is 3.30. The molecule has 58 valence electrons. The van der Waals surface area contributed by atoms with E-state index in [0.29, 0.717) is 5.69 Å². The van der Waals surface area contributed by atoms with Gasteiger partial charge in [-0.15, -0.1) is 0 Å². The largest absolute Gasteiger partial charge is 0.477 e. The number of carbonyl (C=O) groups is 1.